The fourth-order valence-electron chi connectivity index (χ4n) is 15.3. The molecule has 776 valence electrons. The van der Waals surface area contributed by atoms with E-state index in [4.69, 9.17) is 95.3 Å². The maximum atomic E-state index is 14.9. The number of aliphatic hydroxyl groups is 12. The number of thioether (sulfide) groups is 4. The van der Waals surface area contributed by atoms with Gasteiger partial charge in [0.1, 0.15) is 72.1 Å². The number of hydrogen-bond donors (Lipinski definition) is 16. The Morgan fingerprint density at radius 3 is 0.861 bits per heavy atom. The molecular formula is C96H124F4N24O16S4. The van der Waals surface area contributed by atoms with Gasteiger partial charge in [-0.2, -0.15) is 0 Å². The summed E-state index contributed by atoms with van der Waals surface area (Å²) >= 11 is 0.733. The Morgan fingerprint density at radius 2 is 0.618 bits per heavy atom. The highest BCUT2D eigenvalue weighted by Crippen LogP contribution is 2.50. The molecule has 40 nitrogen and oxygen atoms in total. The molecule has 4 aromatic carbocycles. The normalized spacial score (nSPS) is 39.6. The molecule has 0 unspecified atom stereocenters. The molecule has 0 aliphatic heterocycles. The van der Waals surface area contributed by atoms with Crippen LogP contribution in [0.3, 0.4) is 0 Å². The summed E-state index contributed by atoms with van der Waals surface area (Å²) in [4.78, 5) is 33.4. The summed E-state index contributed by atoms with van der Waals surface area (Å²) in [6, 6.07) is -26.7. The molecule has 8 aliphatic carbocycles. The Bertz CT molecular complexity index is 9210. The second kappa shape index (κ2) is 47.3. The van der Waals surface area contributed by atoms with E-state index in [1.807, 2.05) is 0 Å². The highest BCUT2D eigenvalue weighted by molar-refractivity contribution is 7.99. The van der Waals surface area contributed by atoms with E-state index in [2.05, 4.69) is 102 Å². The van der Waals surface area contributed by atoms with Crippen molar-refractivity contribution in [2.45, 2.75) is 298 Å². The number of anilines is 4. The Labute approximate surface area is 916 Å². The highest BCUT2D eigenvalue weighted by atomic mass is 32.2. The van der Waals surface area contributed by atoms with E-state index in [0.717, 1.165) is 74.1 Å². The van der Waals surface area contributed by atoms with Crippen LogP contribution in [0.2, 0.25) is 0 Å². The molecule has 24 atom stereocenters. The molecule has 0 saturated heterocycles. The van der Waals surface area contributed by atoms with Crippen LogP contribution < -0.4 is 21.3 Å². The van der Waals surface area contributed by atoms with Crippen molar-refractivity contribution >= 4 is 115 Å². The van der Waals surface area contributed by atoms with Gasteiger partial charge >= 0.3 is 0 Å². The lowest BCUT2D eigenvalue weighted by Gasteiger charge is -2.17. The number of benzene rings is 4. The quantitative estimate of drug-likeness (QED) is 0.00969. The maximum absolute atomic E-state index is 14.9. The average Bonchev–Trinajstić information content (AvgIpc) is 1.47. The van der Waals surface area contributed by atoms with E-state index in [-0.39, 0.29) is 130 Å². The van der Waals surface area contributed by atoms with E-state index in [1.165, 1.54) is 0 Å². The van der Waals surface area contributed by atoms with Crippen LogP contribution in [0.5, 0.6) is 0 Å². The van der Waals surface area contributed by atoms with Crippen molar-refractivity contribution in [1.29, 1.82) is 0 Å². The average molecular weight is 2130 g/mol. The largest absolute Gasteiger partial charge is 0.394 e. The molecule has 48 heteroatoms. The van der Waals surface area contributed by atoms with Crippen LogP contribution in [0.4, 0.5) is 40.8 Å². The Kier molecular flexibility index (Phi) is 19.2. The van der Waals surface area contributed by atoms with E-state index >= 15 is 0 Å². The molecule has 8 aromatic heterocycles. The van der Waals surface area contributed by atoms with Crippen molar-refractivity contribution in [3.8, 4) is 0 Å². The van der Waals surface area contributed by atoms with Gasteiger partial charge in [-0.15, -0.1) is 20.4 Å². The van der Waals surface area contributed by atoms with Crippen LogP contribution in [0.15, 0.2) is 93.1 Å². The molecule has 20 rings (SSSR count). The van der Waals surface area contributed by atoms with Crippen molar-refractivity contribution in [1.82, 2.24) is 99.8 Å². The first-order chi connectivity index (χ1) is 89.0. The summed E-state index contributed by atoms with van der Waals surface area (Å²) in [6.45, 7) is -6.29. The van der Waals surface area contributed by atoms with Gasteiger partial charge in [0, 0.05) is 135 Å². The zero-order chi connectivity index (χ0) is 148. The summed E-state index contributed by atoms with van der Waals surface area (Å²) in [7, 11) is 0. The van der Waals surface area contributed by atoms with E-state index in [9.17, 15) is 73.7 Å². The molecule has 12 aromatic rings. The topological polar surface area (TPSA) is 554 Å². The molecule has 144 heavy (non-hydrogen) atoms. The van der Waals surface area contributed by atoms with Gasteiger partial charge < -0.3 is 101 Å². The molecule has 8 fully saturated rings. The first-order valence-corrected chi connectivity index (χ1v) is 46.5. The fourth-order valence-corrected chi connectivity index (χ4v) is 17.2. The zero-order valence-corrected chi connectivity index (χ0v) is 79.2. The van der Waals surface area contributed by atoms with Crippen LogP contribution in [-0.4, -0.2) is 334 Å². The van der Waals surface area contributed by atoms with Gasteiger partial charge in [-0.3, -0.25) is 0 Å². The van der Waals surface area contributed by atoms with Crippen LogP contribution in [0.1, 0.15) is 268 Å². The Hall–Kier alpha value is -9.52. The number of fused-ring (bicyclic) bond motifs is 4. The van der Waals surface area contributed by atoms with Crippen molar-refractivity contribution in [2.24, 2.45) is 0 Å². The van der Waals surface area contributed by atoms with Crippen LogP contribution in [-0.2, 0) is 18.9 Å². The molecule has 0 radical (unpaired) electrons. The second-order valence-corrected chi connectivity index (χ2v) is 35.0. The summed E-state index contributed by atoms with van der Waals surface area (Å²) < 4.78 is 513. The van der Waals surface area contributed by atoms with Crippen molar-refractivity contribution in [2.75, 3.05) is 96.8 Å². The van der Waals surface area contributed by atoms with Gasteiger partial charge in [-0.25, -0.2) is 76.2 Å². The number of rotatable bonds is 40. The lowest BCUT2D eigenvalue weighted by molar-refractivity contribution is -0.0629. The van der Waals surface area contributed by atoms with E-state index < -0.39 is 443 Å². The third-order valence-electron chi connectivity index (χ3n) is 22.7. The minimum absolute atomic E-state index is 0.0534. The summed E-state index contributed by atoms with van der Waals surface area (Å²) in [5, 5.41) is 162. The van der Waals surface area contributed by atoms with Crippen molar-refractivity contribution in [3.63, 3.8) is 0 Å². The Balaban J connectivity index is 0.000000170. The number of hydrogen-bond acceptors (Lipinski definition) is 40. The van der Waals surface area contributed by atoms with Crippen LogP contribution in [0.25, 0.3) is 44.7 Å². The lowest BCUT2D eigenvalue weighted by Crippen LogP contribution is -2.33. The smallest absolute Gasteiger partial charge is 0.191 e. The molecule has 8 aliphatic rings. The molecule has 8 heterocycles. The molecule has 16 N–H and O–H groups in total. The molecule has 8 saturated carbocycles. The minimum atomic E-state index is -3.53. The minimum Gasteiger partial charge on any atom is -0.394 e. The predicted molar refractivity (Wildman–Crippen MR) is 530 cm³/mol. The first kappa shape index (κ1) is 58.4. The zero-order valence-electron chi connectivity index (χ0n) is 128. The SMILES string of the molecule is [2H]c1c([2H])c([C@]2([2H])C([2H])([2H])[C@@]2([2H])Nc2nc(SC([2H])([2H])C([2H])([2H])C)nc3c2nnn3[C@@H]2C[C@H](OC([2H])([2H])C([2H])([2H])O)[C@@H](O)[C@H]2O)c([2H])c(F)c1C.[2H]c1c([2H])c([C@]2([2H])C([2H])([2H])[C@@]2([2H])Nc2nc(SC([2H])([2H])C([2H])([2H])C)nc3c2nnn3[C@@H]2C[C@H](OC([2H])([2H])CO)[C@@H](O)[C@H]2O)c([2H])c(F)c1C.[2H]c1c([2H])c([C@]2([2H])C([2H])([2H])[C@@]2([2H])Nc2nc(SC([2H])([2H])C([2H])([2H])C)nc3c2nnn3[C@@H]2C[C@H](OCC([2H])([2H])O)[C@@H](O)[C@H]2O)c([2H])c(F)c1C.[2H]c1c([2H])c([C@]2([2H])C([2H])([2H])[C@@]2([2H])Nc2nc(SC([2H])([2H])C([2H])([2H])C)nc3c2nnn3[C@@H]2C[C@H](OCCO)[C@@H](O)[C@H]2O)c([2H])c(F)c1C. The molecule has 0 amide bonds. The van der Waals surface area contributed by atoms with E-state index in [1.54, 1.807) is 0 Å². The number of halogens is 4. The summed E-state index contributed by atoms with van der Waals surface area (Å²) in [5.41, 5.74) is -18.5. The van der Waals surface area contributed by atoms with Gasteiger partial charge in [0.25, 0.3) is 0 Å². The Morgan fingerprint density at radius 1 is 0.361 bits per heavy atom. The number of aromatic nitrogens is 20. The number of nitrogens with one attached hydrogen (secondary N) is 4. The van der Waals surface area contributed by atoms with Gasteiger partial charge in [-0.1, -0.05) is 144 Å². The van der Waals surface area contributed by atoms with Gasteiger partial charge in [0.05, 0.1) is 134 Å². The summed E-state index contributed by atoms with van der Waals surface area (Å²) in [6.07, 6.45) is -41.4. The third kappa shape index (κ3) is 23.8. The number of nitrogens with zero attached hydrogens (tertiary/aromatic N) is 20. The molecule has 0 bridgehead atoms. The van der Waals surface area contributed by atoms with Crippen LogP contribution >= 0.6 is 47.0 Å². The summed E-state index contributed by atoms with van der Waals surface area (Å²) in [5.74, 6) is -18.9. The number of aliphatic hydroxyl groups excluding tert-OH is 10. The predicted octanol–water partition coefficient (Wildman–Crippen LogP) is 8.73. The maximum Gasteiger partial charge on any atom is 0.191 e. The van der Waals surface area contributed by atoms with Gasteiger partial charge in [0.2, 0.25) is 0 Å². The fraction of sp³-hybridized carbons (Fsp3) is 0.583. The van der Waals surface area contributed by atoms with Crippen LogP contribution in [0, 0.1) is 51.0 Å². The van der Waals surface area contributed by atoms with Crippen molar-refractivity contribution in [3.05, 3.63) is 140 Å². The number of ether oxygens (including phenoxy) is 4. The second-order valence-electron chi connectivity index (χ2n) is 31.9. The standard InChI is InChI=1S/4C24H31FN6O4S/c4*1-3-8-36-24-27-22(26-16-10-14(16)13-5-4-12(2)15(25)9-13)19-23(28-24)31(30-29-19)17-11-18(35-7-6-32)21(34)20(17)33/h4*4-5,9,14,16-18,20-21,32-34H,3,6-8,10-11H2,1-2H3,(H,26,27,28)/t4*14-,16+,17+,18-,20-,21+/m0000/s1/i3D2,4D,5D,6D2,7D2,8D2,9D,10D2,14D,16D;3D2,4D,5D,7D2,8D2,9D,10D2,14D,16D;3D2,4D,5D,6D2,8D2,9D,10D2,14D,16D;3D2,4D,5D,8D2,9D,10D2,14D,16D. The monoisotopic (exact) mass is 2130 g/mol. The highest BCUT2D eigenvalue weighted by Gasteiger charge is 2.51. The molecular weight excluding hydrogens is 1950 g/mol. The van der Waals surface area contributed by atoms with Gasteiger partial charge in [-0.05, 0) is 147 Å². The first-order valence-electron chi connectivity index (χ1n) is 69.2. The van der Waals surface area contributed by atoms with Gasteiger partial charge in [0.15, 0.2) is 88.6 Å². The molecule has 0 spiro atoms. The third-order valence-corrected chi connectivity index (χ3v) is 25.3. The van der Waals surface area contributed by atoms with E-state index in [0.29, 0.717) is 0 Å². The van der Waals surface area contributed by atoms with Crippen molar-refractivity contribution < 1.29 is 169 Å². The lowest BCUT2D eigenvalue weighted by atomic mass is 10.1.